The van der Waals surface area contributed by atoms with Crippen molar-refractivity contribution in [1.29, 1.82) is 10.5 Å². The second-order valence-electron chi connectivity index (χ2n) is 32.2. The first kappa shape index (κ1) is 99.5. The number of unbranched alkanes of at least 4 members (excludes halogenated alkanes) is 29. The Morgan fingerprint density at radius 1 is 0.455 bits per heavy atom. The SMILES string of the molecule is CC1(C)O[C@H]2[C@@H](O1)[C@](C#N)(c1ccc3c(N)ncnn13)O[C@@H]2CO.CCCCCCCCCCCCCCCCCCOCCCOP(=O)(OC[C@H]1O[C@@](C#N)(c2ccc3c(N)ncnn23)[C@@H]2OC(C)(C)O[C@@H]21)Oc1ccccc1Cl.CCCCCCCCCCCCCCCCCOCCCO.O=P(Oc1ccccc1Cl)(n1cncn1)n1cncn1. The summed E-state index contributed by atoms with van der Waals surface area (Å²) >= 11 is 12.4. The van der Waals surface area contributed by atoms with Crippen molar-refractivity contribution in [3.05, 3.63) is 132 Å². The predicted octanol–water partition coefficient (Wildman–Crippen LogP) is 18.8. The number of hydrogen-bond acceptors (Lipinski definition) is 28. The van der Waals surface area contributed by atoms with Crippen LogP contribution in [0.1, 0.15) is 265 Å². The number of rotatable bonds is 53. The van der Waals surface area contributed by atoms with Crippen LogP contribution < -0.4 is 20.5 Å². The van der Waals surface area contributed by atoms with E-state index in [9.17, 15) is 24.8 Å². The van der Waals surface area contributed by atoms with E-state index in [4.69, 9.17) is 95.8 Å². The average Bonchev–Trinajstić information content (AvgIpc) is 1.56. The number of nitriles is 2. The predicted molar refractivity (Wildman–Crippen MR) is 468 cm³/mol. The van der Waals surface area contributed by atoms with Gasteiger partial charge in [0.1, 0.15) is 109 Å². The highest BCUT2D eigenvalue weighted by molar-refractivity contribution is 7.55. The minimum atomic E-state index is -4.28. The van der Waals surface area contributed by atoms with Crippen LogP contribution in [0.15, 0.2) is 111 Å². The van der Waals surface area contributed by atoms with Gasteiger partial charge in [-0.2, -0.15) is 20.7 Å². The molecule has 2 aromatic carbocycles. The first-order valence-corrected chi connectivity index (χ1v) is 47.9. The number of aliphatic hydroxyl groups excluding tert-OH is 2. The molecule has 0 spiro atoms. The second-order valence-corrected chi connectivity index (χ2v) is 36.6. The van der Waals surface area contributed by atoms with Crippen LogP contribution in [-0.2, 0) is 67.3 Å². The Labute approximate surface area is 734 Å². The van der Waals surface area contributed by atoms with Crippen molar-refractivity contribution in [2.75, 3.05) is 64.3 Å². The summed E-state index contributed by atoms with van der Waals surface area (Å²) in [4.78, 5) is 15.5. The van der Waals surface area contributed by atoms with E-state index in [1.54, 1.807) is 100 Å². The van der Waals surface area contributed by atoms with Crippen molar-refractivity contribution in [2.45, 2.75) is 313 Å². The number of nitrogens with two attached hydrogens (primary N) is 2. The minimum absolute atomic E-state index is 0.0459. The number of anilines is 2. The Morgan fingerprint density at radius 3 is 1.23 bits per heavy atom. The van der Waals surface area contributed by atoms with Crippen LogP contribution in [0.2, 0.25) is 10.0 Å². The number of nitrogens with zero attached hydrogens (tertiary/aromatic N) is 14. The van der Waals surface area contributed by atoms with Gasteiger partial charge in [0.2, 0.25) is 11.2 Å². The fraction of sp³-hybridized carbons (Fsp3) is 0.655. The zero-order valence-electron chi connectivity index (χ0n) is 72.5. The van der Waals surface area contributed by atoms with E-state index >= 15 is 0 Å². The molecule has 0 saturated carbocycles. The van der Waals surface area contributed by atoms with Gasteiger partial charge in [-0.3, -0.25) is 9.05 Å². The smallest absolute Gasteiger partial charge is 0.410 e. The third kappa shape index (κ3) is 29.1. The quantitative estimate of drug-likeness (QED) is 0.0203. The second kappa shape index (κ2) is 51.5. The van der Waals surface area contributed by atoms with E-state index in [1.165, 1.54) is 233 Å². The molecule has 0 amide bonds. The van der Waals surface area contributed by atoms with Crippen LogP contribution in [0.4, 0.5) is 11.6 Å². The molecule has 0 bridgehead atoms. The summed E-state index contributed by atoms with van der Waals surface area (Å²) in [7, 11) is -7.96. The number of ether oxygens (including phenoxy) is 8. The molecule has 8 aromatic rings. The van der Waals surface area contributed by atoms with Gasteiger partial charge in [0.15, 0.2) is 23.2 Å². The first-order valence-electron chi connectivity index (χ1n) is 44.2. The summed E-state index contributed by atoms with van der Waals surface area (Å²) in [5.41, 5.74) is 10.7. The molecule has 4 fully saturated rings. The van der Waals surface area contributed by atoms with Crippen LogP contribution >= 0.6 is 38.7 Å². The van der Waals surface area contributed by atoms with Gasteiger partial charge in [0.05, 0.1) is 41.3 Å². The average molecular weight is 1790 g/mol. The third-order valence-corrected chi connectivity index (χ3v) is 25.6. The van der Waals surface area contributed by atoms with Gasteiger partial charge in [-0.25, -0.2) is 38.1 Å². The van der Waals surface area contributed by atoms with Gasteiger partial charge in [0, 0.05) is 33.0 Å². The van der Waals surface area contributed by atoms with E-state index < -0.39 is 74.9 Å². The molecule has 6 aromatic heterocycles. The summed E-state index contributed by atoms with van der Waals surface area (Å²) in [5, 5.41) is 55.7. The molecule has 0 aliphatic carbocycles. The summed E-state index contributed by atoms with van der Waals surface area (Å²) in [5.74, 6) is -1.01. The topological polar surface area (TPSA) is 407 Å². The van der Waals surface area contributed by atoms with Crippen molar-refractivity contribution in [1.82, 2.24) is 58.3 Å². The molecule has 1 unspecified atom stereocenters. The molecule has 36 heteroatoms. The highest BCUT2D eigenvalue weighted by atomic mass is 35.5. The zero-order valence-corrected chi connectivity index (χ0v) is 75.8. The molecule has 9 atom stereocenters. The maximum absolute atomic E-state index is 14.2. The maximum Gasteiger partial charge on any atom is 0.530 e. The van der Waals surface area contributed by atoms with Crippen LogP contribution in [0.5, 0.6) is 11.5 Å². The van der Waals surface area contributed by atoms with Gasteiger partial charge < -0.3 is 68.6 Å². The van der Waals surface area contributed by atoms with Gasteiger partial charge >= 0.3 is 15.5 Å². The molecule has 10 heterocycles. The standard InChI is InChI=1S/C42H63ClN5O8P.C20H42O2.C15H17N5O4.C10H8ClN6O2P/c1-4-5-6-7-8-9-10-11-12-13-14-15-16-17-18-21-27-50-28-22-29-51-57(49,56-35-24-20-19-23-33(35)43)52-30-36-38-39(55-41(2,3)54-38)42(31-44,53-36)37-26-25-34-40(45)46-32-47-48(34)37;1-2-3-4-5-6-7-8-9-10-11-12-13-14-15-16-19-22-20-17-18-21;1-14(2)23-11-9(5-21)22-15(6-16,12(11)24-14)10-4-3-8-13(17)18-7-19-20(8)10;11-9-3-1-2-4-10(9)19-20(18,16-7-12-5-14-16)17-8-13-6-15-17/h19-20,23-26,32,36,38-39H,4-18,21-22,27-30H2,1-3H3,(H2,45,46,47);21H,2-20H2,1H3;3-4,7,9,11-12,21H,5H2,1-2H3,(H2,17,18,19);1-8H/t36-,38-,39-,42+,57?;;9-,11-,12-,15+;/m1.1./s1. The lowest BCUT2D eigenvalue weighted by atomic mass is 9.92. The van der Waals surface area contributed by atoms with E-state index in [0.29, 0.717) is 52.9 Å². The summed E-state index contributed by atoms with van der Waals surface area (Å²) < 4.78 is 104. The molecule has 6 N–H and O–H groups in total. The number of fused-ring (bicyclic) bond motifs is 4. The number of benzene rings is 2. The van der Waals surface area contributed by atoms with E-state index in [2.05, 4.69) is 66.3 Å². The van der Waals surface area contributed by atoms with Gasteiger partial charge in [-0.05, 0) is 102 Å². The van der Waals surface area contributed by atoms with E-state index in [-0.39, 0.29) is 48.8 Å². The van der Waals surface area contributed by atoms with E-state index in [1.807, 2.05) is 0 Å². The number of phosphoric acid groups is 1. The summed E-state index contributed by atoms with van der Waals surface area (Å²) in [6.07, 6.45) is 46.6. The molecule has 123 heavy (non-hydrogen) atoms. The van der Waals surface area contributed by atoms with Crippen molar-refractivity contribution in [3.8, 4) is 23.6 Å². The molecule has 4 saturated heterocycles. The lowest BCUT2D eigenvalue weighted by Crippen LogP contribution is -2.40. The number of phosphoric ester groups is 1. The molecule has 678 valence electrons. The van der Waals surface area contributed by atoms with Crippen molar-refractivity contribution in [2.24, 2.45) is 0 Å². The molecule has 12 rings (SSSR count). The van der Waals surface area contributed by atoms with E-state index in [0.717, 1.165) is 41.4 Å². The molecule has 32 nitrogen and oxygen atoms in total. The first-order chi connectivity index (χ1) is 59.6. The minimum Gasteiger partial charge on any atom is -0.410 e. The van der Waals surface area contributed by atoms with Crippen molar-refractivity contribution < 1.29 is 75.3 Å². The molecule has 0 radical (unpaired) electrons. The van der Waals surface area contributed by atoms with Crippen LogP contribution in [0.25, 0.3) is 11.0 Å². The molecular formula is C87H130Cl2N16O16P2. The van der Waals surface area contributed by atoms with Crippen LogP contribution in [0, 0.1) is 22.7 Å². The molecular weight excluding hydrogens is 1660 g/mol. The van der Waals surface area contributed by atoms with Crippen LogP contribution in [0.3, 0.4) is 0 Å². The lowest BCUT2D eigenvalue weighted by Gasteiger charge is -2.29. The molecule has 4 aliphatic rings. The summed E-state index contributed by atoms with van der Waals surface area (Å²) in [6, 6.07) is 24.6. The fourth-order valence-corrected chi connectivity index (χ4v) is 18.6. The highest BCUT2D eigenvalue weighted by Crippen LogP contribution is 2.55. The Balaban J connectivity index is 0.000000212. The lowest BCUT2D eigenvalue weighted by molar-refractivity contribution is -0.204. The van der Waals surface area contributed by atoms with Gasteiger partial charge in [-0.15, -0.1) is 19.1 Å². The fourth-order valence-electron chi connectivity index (χ4n) is 15.4. The Hall–Kier alpha value is -7.30. The maximum atomic E-state index is 14.2. The largest absolute Gasteiger partial charge is 0.530 e. The number of para-hydroxylation sites is 2. The van der Waals surface area contributed by atoms with Crippen LogP contribution in [-0.4, -0.2) is 170 Å². The number of aromatic nitrogens is 12. The number of halogens is 2. The zero-order chi connectivity index (χ0) is 87.8. The third-order valence-electron chi connectivity index (χ3n) is 21.7. The monoisotopic (exact) mass is 1790 g/mol. The Morgan fingerprint density at radius 2 is 0.837 bits per heavy atom. The number of nitrogen functional groups attached to an aromatic ring is 2. The summed E-state index contributed by atoms with van der Waals surface area (Å²) in [6.45, 7) is 14.0. The normalized spacial score (nSPS) is 20.9. The van der Waals surface area contributed by atoms with Crippen molar-refractivity contribution >= 4 is 61.4 Å². The highest BCUT2D eigenvalue weighted by Gasteiger charge is 2.67. The van der Waals surface area contributed by atoms with Gasteiger partial charge in [-0.1, -0.05) is 248 Å². The van der Waals surface area contributed by atoms with Gasteiger partial charge in [0.25, 0.3) is 0 Å². The molecule has 4 aliphatic heterocycles. The Kier molecular flexibility index (Phi) is 41.6. The van der Waals surface area contributed by atoms with Crippen molar-refractivity contribution in [3.63, 3.8) is 0 Å². The Bertz CT molecular complexity index is 4480. The number of hydrogen-bond donors (Lipinski definition) is 4. The number of aliphatic hydroxyl groups is 2.